The lowest BCUT2D eigenvalue weighted by Crippen LogP contribution is -2.54. The number of carbonyl (C=O) groups is 5. The molecule has 3 heterocycles. The Morgan fingerprint density at radius 2 is 1.50 bits per heavy atom. The van der Waals surface area contributed by atoms with Gasteiger partial charge in [0.15, 0.2) is 0 Å². The third-order valence-electron chi connectivity index (χ3n) is 7.84. The molecule has 2 saturated heterocycles. The smallest absolute Gasteiger partial charge is 0.308 e. The van der Waals surface area contributed by atoms with E-state index < -0.39 is 35.3 Å². The van der Waals surface area contributed by atoms with E-state index in [0.717, 1.165) is 44.2 Å². The number of esters is 1. The zero-order chi connectivity index (χ0) is 33.1. The molecular weight excluding hydrogens is 598 g/mol. The molecule has 254 valence electrons. The van der Waals surface area contributed by atoms with Crippen molar-refractivity contribution in [3.8, 4) is 0 Å². The zero-order valence-corrected chi connectivity index (χ0v) is 27.1. The Balaban J connectivity index is 1.02. The van der Waals surface area contributed by atoms with E-state index in [4.69, 9.17) is 18.9 Å². The van der Waals surface area contributed by atoms with Gasteiger partial charge in [-0.15, -0.1) is 0 Å². The molecule has 0 aliphatic carbocycles. The average Bonchev–Trinajstić information content (AvgIpc) is 3.25. The van der Waals surface area contributed by atoms with Crippen molar-refractivity contribution in [2.75, 3.05) is 90.8 Å². The number of fused-ring (bicyclic) bond motifs is 1. The van der Waals surface area contributed by atoms with Crippen LogP contribution in [0.15, 0.2) is 18.2 Å². The molecule has 14 heteroatoms. The second kappa shape index (κ2) is 16.9. The van der Waals surface area contributed by atoms with Gasteiger partial charge in [-0.2, -0.15) is 0 Å². The number of hydrogen-bond acceptors (Lipinski definition) is 12. The highest BCUT2D eigenvalue weighted by Gasteiger charge is 2.45. The molecule has 0 aromatic heterocycles. The van der Waals surface area contributed by atoms with E-state index in [1.54, 1.807) is 18.2 Å². The number of benzene rings is 1. The van der Waals surface area contributed by atoms with Crippen LogP contribution in [0.25, 0.3) is 0 Å². The van der Waals surface area contributed by atoms with Crippen molar-refractivity contribution < 1.29 is 42.9 Å². The minimum absolute atomic E-state index is 0.0745. The fourth-order valence-corrected chi connectivity index (χ4v) is 5.52. The Hall–Kier alpha value is -3.43. The van der Waals surface area contributed by atoms with E-state index in [1.807, 2.05) is 20.8 Å². The van der Waals surface area contributed by atoms with Crippen LogP contribution >= 0.6 is 0 Å². The fourth-order valence-electron chi connectivity index (χ4n) is 5.52. The number of piperazine rings is 1. The average molecular weight is 646 g/mol. The molecule has 3 aliphatic heterocycles. The minimum Gasteiger partial charge on any atom is -0.460 e. The summed E-state index contributed by atoms with van der Waals surface area (Å²) in [6, 6.07) is 3.96. The van der Waals surface area contributed by atoms with Gasteiger partial charge in [0.05, 0.1) is 57.2 Å². The molecule has 4 amide bonds. The van der Waals surface area contributed by atoms with Gasteiger partial charge in [0, 0.05) is 57.9 Å². The molecule has 2 fully saturated rings. The summed E-state index contributed by atoms with van der Waals surface area (Å²) in [5, 5.41) is 5.36. The van der Waals surface area contributed by atoms with E-state index in [-0.39, 0.29) is 36.4 Å². The van der Waals surface area contributed by atoms with E-state index >= 15 is 0 Å². The Morgan fingerprint density at radius 3 is 2.13 bits per heavy atom. The molecule has 1 aromatic rings. The van der Waals surface area contributed by atoms with Gasteiger partial charge in [0.2, 0.25) is 11.8 Å². The van der Waals surface area contributed by atoms with Gasteiger partial charge >= 0.3 is 5.97 Å². The third-order valence-corrected chi connectivity index (χ3v) is 7.84. The topological polar surface area (TPSA) is 156 Å². The van der Waals surface area contributed by atoms with Gasteiger partial charge in [0.1, 0.15) is 11.6 Å². The number of rotatable bonds is 17. The Labute approximate surface area is 270 Å². The van der Waals surface area contributed by atoms with E-state index in [1.165, 1.54) is 0 Å². The molecule has 0 spiro atoms. The molecular formula is C32H47N5O9. The first-order chi connectivity index (χ1) is 22.0. The summed E-state index contributed by atoms with van der Waals surface area (Å²) in [5.74, 6) is -2.36. The number of amides is 4. The van der Waals surface area contributed by atoms with Crippen molar-refractivity contribution in [1.29, 1.82) is 0 Å². The summed E-state index contributed by atoms with van der Waals surface area (Å²) >= 11 is 0. The van der Waals surface area contributed by atoms with Gasteiger partial charge in [-0.25, -0.2) is 0 Å². The molecule has 0 saturated carbocycles. The fraction of sp³-hybridized carbons (Fsp3) is 0.656. The first-order valence-electron chi connectivity index (χ1n) is 16.0. The number of nitrogens with one attached hydrogen (secondary N) is 2. The van der Waals surface area contributed by atoms with Crippen molar-refractivity contribution in [3.05, 3.63) is 29.3 Å². The number of imide groups is 2. The number of anilines is 1. The molecule has 0 radical (unpaired) electrons. The number of carbonyl (C=O) groups excluding carboxylic acids is 5. The summed E-state index contributed by atoms with van der Waals surface area (Å²) in [7, 11) is 0. The summed E-state index contributed by atoms with van der Waals surface area (Å²) in [5.41, 5.74) is 0.486. The molecule has 14 nitrogen and oxygen atoms in total. The van der Waals surface area contributed by atoms with Crippen LogP contribution in [0.2, 0.25) is 0 Å². The molecule has 1 unspecified atom stereocenters. The van der Waals surface area contributed by atoms with Crippen molar-refractivity contribution in [1.82, 2.24) is 20.0 Å². The van der Waals surface area contributed by atoms with Gasteiger partial charge in [0.25, 0.3) is 11.8 Å². The lowest BCUT2D eigenvalue weighted by molar-refractivity contribution is -0.156. The lowest BCUT2D eigenvalue weighted by atomic mass is 10.0. The number of hydrogen-bond donors (Lipinski definition) is 2. The van der Waals surface area contributed by atoms with Crippen LogP contribution in [0.3, 0.4) is 0 Å². The van der Waals surface area contributed by atoms with Crippen molar-refractivity contribution in [2.24, 2.45) is 0 Å². The Kier molecular flexibility index (Phi) is 13.0. The van der Waals surface area contributed by atoms with Crippen molar-refractivity contribution >= 4 is 35.3 Å². The summed E-state index contributed by atoms with van der Waals surface area (Å²) < 4.78 is 22.3. The van der Waals surface area contributed by atoms with Gasteiger partial charge in [-0.05, 0) is 39.3 Å². The van der Waals surface area contributed by atoms with Crippen molar-refractivity contribution in [3.63, 3.8) is 0 Å². The third kappa shape index (κ3) is 10.3. The molecule has 1 atom stereocenters. The highest BCUT2D eigenvalue weighted by atomic mass is 16.6. The molecule has 4 rings (SSSR count). The Bertz CT molecular complexity index is 1240. The van der Waals surface area contributed by atoms with Crippen LogP contribution in [-0.4, -0.2) is 141 Å². The van der Waals surface area contributed by atoms with Gasteiger partial charge in [-0.1, -0.05) is 6.07 Å². The number of ether oxygens (including phenoxy) is 4. The molecule has 2 N–H and O–H groups in total. The molecule has 46 heavy (non-hydrogen) atoms. The lowest BCUT2D eigenvalue weighted by Gasteiger charge is -2.34. The second-order valence-electron chi connectivity index (χ2n) is 12.5. The van der Waals surface area contributed by atoms with E-state index in [9.17, 15) is 24.0 Å². The van der Waals surface area contributed by atoms with Crippen LogP contribution < -0.4 is 10.6 Å². The number of piperidine rings is 1. The predicted octanol–water partition coefficient (Wildman–Crippen LogP) is 0.899. The predicted molar refractivity (Wildman–Crippen MR) is 167 cm³/mol. The monoisotopic (exact) mass is 645 g/mol. The van der Waals surface area contributed by atoms with Crippen LogP contribution in [0.5, 0.6) is 0 Å². The SMILES string of the molecule is CC(C)(C)OC(=O)CCOCCN1CCN(CCOCCOCCNc2cccc3c2C(=O)N(C2CCC(=O)NC2=O)C3=O)CC1. The second-order valence-corrected chi connectivity index (χ2v) is 12.5. The largest absolute Gasteiger partial charge is 0.460 e. The van der Waals surface area contributed by atoms with E-state index in [0.29, 0.717) is 51.9 Å². The highest BCUT2D eigenvalue weighted by molar-refractivity contribution is 6.25. The number of nitrogens with zero attached hydrogens (tertiary/aromatic N) is 3. The normalized spacial score (nSPS) is 19.4. The van der Waals surface area contributed by atoms with Crippen LogP contribution in [0.4, 0.5) is 5.69 Å². The molecule has 0 bridgehead atoms. The van der Waals surface area contributed by atoms with Crippen LogP contribution in [0, 0.1) is 0 Å². The maximum Gasteiger partial charge on any atom is 0.308 e. The maximum atomic E-state index is 13.2. The minimum atomic E-state index is -0.999. The van der Waals surface area contributed by atoms with E-state index in [2.05, 4.69) is 20.4 Å². The Morgan fingerprint density at radius 1 is 0.870 bits per heavy atom. The summed E-state index contributed by atoms with van der Waals surface area (Å²) in [6.45, 7) is 14.4. The standard InChI is InChI=1S/C32H47N5O9/c1-32(2,3)46-27(39)9-17-43-19-15-35-11-13-36(14-12-35)16-20-45-22-21-44-18-10-33-24-6-4-5-23-28(24)31(42)37(30(23)41)25-7-8-26(38)34-29(25)40/h4-6,25,33H,7-22H2,1-3H3,(H,34,38,40). The highest BCUT2D eigenvalue weighted by Crippen LogP contribution is 2.32. The maximum absolute atomic E-state index is 13.2. The summed E-state index contributed by atoms with van der Waals surface area (Å²) in [6.07, 6.45) is 0.454. The van der Waals surface area contributed by atoms with Crippen molar-refractivity contribution in [2.45, 2.75) is 51.7 Å². The summed E-state index contributed by atoms with van der Waals surface area (Å²) in [4.78, 5) is 67.3. The van der Waals surface area contributed by atoms with Crippen LogP contribution in [0.1, 0.15) is 60.7 Å². The van der Waals surface area contributed by atoms with Gasteiger partial charge < -0.3 is 24.3 Å². The first-order valence-corrected chi connectivity index (χ1v) is 16.0. The molecule has 1 aromatic carbocycles. The zero-order valence-electron chi connectivity index (χ0n) is 27.1. The first kappa shape index (κ1) is 35.4. The van der Waals surface area contributed by atoms with Crippen LogP contribution in [-0.2, 0) is 33.3 Å². The van der Waals surface area contributed by atoms with Gasteiger partial charge in [-0.3, -0.25) is 44.0 Å². The molecule has 3 aliphatic rings. The quantitative estimate of drug-likeness (QED) is 0.140.